The van der Waals surface area contributed by atoms with Crippen molar-refractivity contribution >= 4 is 11.8 Å². The van der Waals surface area contributed by atoms with Crippen LogP contribution in [0.15, 0.2) is 0 Å². The van der Waals surface area contributed by atoms with Gasteiger partial charge in [0.15, 0.2) is 0 Å². The zero-order chi connectivity index (χ0) is 13.2. The molecule has 18 heavy (non-hydrogen) atoms. The molecule has 0 heterocycles. The fourth-order valence-electron chi connectivity index (χ4n) is 2.91. The molecule has 2 rings (SSSR count). The minimum absolute atomic E-state index is 0.00588. The smallest absolute Gasteiger partial charge is 0.245 e. The molecule has 0 unspecified atom stereocenters. The molecular weight excluding hydrogens is 228 g/mol. The van der Waals surface area contributed by atoms with Crippen LogP contribution in [-0.4, -0.2) is 23.9 Å². The van der Waals surface area contributed by atoms with Gasteiger partial charge >= 0.3 is 0 Å². The lowest BCUT2D eigenvalue weighted by molar-refractivity contribution is -0.135. The van der Waals surface area contributed by atoms with Crippen LogP contribution < -0.4 is 10.6 Å². The molecule has 0 aliphatic heterocycles. The first-order chi connectivity index (χ1) is 8.59. The van der Waals surface area contributed by atoms with Crippen molar-refractivity contribution in [2.24, 2.45) is 11.8 Å². The standard InChI is InChI=1S/C14H24N2O2/c1-3-15-13(18)14(7-5-4-6-8-14)16-12(17)11-9-10(11)2/h10-11H,3-9H2,1-2H3,(H,15,18)(H,16,17)/t10-,11-/m0/s1. The van der Waals surface area contributed by atoms with Crippen molar-refractivity contribution in [1.82, 2.24) is 10.6 Å². The zero-order valence-corrected chi connectivity index (χ0v) is 11.4. The van der Waals surface area contributed by atoms with Crippen LogP contribution in [0, 0.1) is 11.8 Å². The minimum Gasteiger partial charge on any atom is -0.354 e. The maximum atomic E-state index is 12.3. The Hall–Kier alpha value is -1.06. The van der Waals surface area contributed by atoms with Gasteiger partial charge in [0.05, 0.1) is 0 Å². The minimum atomic E-state index is -0.631. The molecule has 0 saturated heterocycles. The van der Waals surface area contributed by atoms with Crippen LogP contribution in [0.5, 0.6) is 0 Å². The molecule has 2 aliphatic carbocycles. The summed E-state index contributed by atoms with van der Waals surface area (Å²) in [6.45, 7) is 4.62. The normalized spacial score (nSPS) is 29.4. The van der Waals surface area contributed by atoms with Gasteiger partial charge in [-0.25, -0.2) is 0 Å². The molecule has 0 bridgehead atoms. The second kappa shape index (κ2) is 5.29. The zero-order valence-electron chi connectivity index (χ0n) is 11.4. The van der Waals surface area contributed by atoms with Gasteiger partial charge in [0.2, 0.25) is 11.8 Å². The van der Waals surface area contributed by atoms with Gasteiger partial charge in [-0.3, -0.25) is 9.59 Å². The van der Waals surface area contributed by atoms with Crippen LogP contribution in [-0.2, 0) is 9.59 Å². The summed E-state index contributed by atoms with van der Waals surface area (Å²) < 4.78 is 0. The summed E-state index contributed by atoms with van der Waals surface area (Å²) in [4.78, 5) is 24.4. The summed E-state index contributed by atoms with van der Waals surface area (Å²) >= 11 is 0. The van der Waals surface area contributed by atoms with E-state index in [1.165, 1.54) is 0 Å². The van der Waals surface area contributed by atoms with E-state index in [0.717, 1.165) is 38.5 Å². The molecule has 2 saturated carbocycles. The molecule has 0 spiro atoms. The number of rotatable bonds is 4. The first-order valence-electron chi connectivity index (χ1n) is 7.19. The summed E-state index contributed by atoms with van der Waals surface area (Å²) in [6, 6.07) is 0. The summed E-state index contributed by atoms with van der Waals surface area (Å²) in [7, 11) is 0. The Morgan fingerprint density at radius 2 is 1.83 bits per heavy atom. The van der Waals surface area contributed by atoms with Crippen LogP contribution in [0.3, 0.4) is 0 Å². The number of hydrogen-bond donors (Lipinski definition) is 2. The molecule has 2 atom stereocenters. The lowest BCUT2D eigenvalue weighted by Gasteiger charge is -2.36. The van der Waals surface area contributed by atoms with E-state index in [2.05, 4.69) is 17.6 Å². The van der Waals surface area contributed by atoms with Crippen LogP contribution in [0.1, 0.15) is 52.4 Å². The summed E-state index contributed by atoms with van der Waals surface area (Å²) in [5, 5.41) is 5.94. The van der Waals surface area contributed by atoms with Crippen LogP contribution in [0.2, 0.25) is 0 Å². The van der Waals surface area contributed by atoms with Crippen molar-refractivity contribution in [2.45, 2.75) is 57.9 Å². The molecule has 2 N–H and O–H groups in total. The lowest BCUT2D eigenvalue weighted by atomic mass is 9.80. The van der Waals surface area contributed by atoms with Crippen molar-refractivity contribution in [3.63, 3.8) is 0 Å². The first-order valence-corrected chi connectivity index (χ1v) is 7.19. The Kier molecular flexibility index (Phi) is 3.93. The summed E-state index contributed by atoms with van der Waals surface area (Å²) in [6.07, 6.45) is 5.75. The van der Waals surface area contributed by atoms with E-state index in [1.54, 1.807) is 0 Å². The fourth-order valence-corrected chi connectivity index (χ4v) is 2.91. The van der Waals surface area contributed by atoms with E-state index in [9.17, 15) is 9.59 Å². The number of hydrogen-bond acceptors (Lipinski definition) is 2. The number of amides is 2. The molecule has 4 nitrogen and oxygen atoms in total. The maximum Gasteiger partial charge on any atom is 0.245 e. The van der Waals surface area contributed by atoms with E-state index in [4.69, 9.17) is 0 Å². The molecular formula is C14H24N2O2. The Morgan fingerprint density at radius 1 is 1.22 bits per heavy atom. The van der Waals surface area contributed by atoms with Crippen molar-refractivity contribution in [3.8, 4) is 0 Å². The first kappa shape index (κ1) is 13.4. The fraction of sp³-hybridized carbons (Fsp3) is 0.857. The van der Waals surface area contributed by atoms with Crippen LogP contribution >= 0.6 is 0 Å². The second-order valence-electron chi connectivity index (χ2n) is 5.81. The lowest BCUT2D eigenvalue weighted by Crippen LogP contribution is -2.60. The van der Waals surface area contributed by atoms with E-state index >= 15 is 0 Å². The predicted octanol–water partition coefficient (Wildman–Crippen LogP) is 1.60. The molecule has 0 radical (unpaired) electrons. The topological polar surface area (TPSA) is 58.2 Å². The number of carbonyl (C=O) groups is 2. The third-order valence-electron chi connectivity index (χ3n) is 4.29. The van der Waals surface area contributed by atoms with Crippen molar-refractivity contribution in [1.29, 1.82) is 0 Å². The number of carbonyl (C=O) groups excluding carboxylic acids is 2. The van der Waals surface area contributed by atoms with E-state index in [0.29, 0.717) is 12.5 Å². The SMILES string of the molecule is CCNC(=O)C1(NC(=O)[C@H]2C[C@@H]2C)CCCCC1. The van der Waals surface area contributed by atoms with Gasteiger partial charge in [-0.2, -0.15) is 0 Å². The van der Waals surface area contributed by atoms with Gasteiger partial charge in [0.1, 0.15) is 5.54 Å². The van der Waals surface area contributed by atoms with Gasteiger partial charge < -0.3 is 10.6 Å². The Labute approximate surface area is 109 Å². The second-order valence-corrected chi connectivity index (χ2v) is 5.81. The number of nitrogens with one attached hydrogen (secondary N) is 2. The average molecular weight is 252 g/mol. The molecule has 4 heteroatoms. The Bertz CT molecular complexity index is 335. The predicted molar refractivity (Wildman–Crippen MR) is 69.9 cm³/mol. The molecule has 102 valence electrons. The van der Waals surface area contributed by atoms with Gasteiger partial charge in [0.25, 0.3) is 0 Å². The molecule has 2 amide bonds. The molecule has 0 aromatic heterocycles. The summed E-state index contributed by atoms with van der Waals surface area (Å²) in [5.74, 6) is 0.708. The van der Waals surface area contributed by atoms with Gasteiger partial charge in [0, 0.05) is 12.5 Å². The highest BCUT2D eigenvalue weighted by molar-refractivity contribution is 5.93. The quantitative estimate of drug-likeness (QED) is 0.798. The van der Waals surface area contributed by atoms with E-state index in [1.807, 2.05) is 6.92 Å². The van der Waals surface area contributed by atoms with Crippen molar-refractivity contribution < 1.29 is 9.59 Å². The van der Waals surface area contributed by atoms with E-state index in [-0.39, 0.29) is 17.7 Å². The maximum absolute atomic E-state index is 12.3. The Balaban J connectivity index is 2.04. The molecule has 0 aromatic rings. The highest BCUT2D eigenvalue weighted by atomic mass is 16.2. The monoisotopic (exact) mass is 252 g/mol. The van der Waals surface area contributed by atoms with Crippen molar-refractivity contribution in [2.75, 3.05) is 6.54 Å². The van der Waals surface area contributed by atoms with Crippen molar-refractivity contribution in [3.05, 3.63) is 0 Å². The third kappa shape index (κ3) is 2.68. The highest BCUT2D eigenvalue weighted by Gasteiger charge is 2.46. The third-order valence-corrected chi connectivity index (χ3v) is 4.29. The van der Waals surface area contributed by atoms with Gasteiger partial charge in [-0.15, -0.1) is 0 Å². The van der Waals surface area contributed by atoms with Crippen LogP contribution in [0.4, 0.5) is 0 Å². The van der Waals surface area contributed by atoms with Gasteiger partial charge in [-0.1, -0.05) is 26.2 Å². The molecule has 2 fully saturated rings. The van der Waals surface area contributed by atoms with Crippen LogP contribution in [0.25, 0.3) is 0 Å². The summed E-state index contributed by atoms with van der Waals surface area (Å²) in [5.41, 5.74) is -0.631. The number of likely N-dealkylation sites (N-methyl/N-ethyl adjacent to an activating group) is 1. The molecule has 2 aliphatic rings. The van der Waals surface area contributed by atoms with Gasteiger partial charge in [-0.05, 0) is 32.1 Å². The largest absolute Gasteiger partial charge is 0.354 e. The average Bonchev–Trinajstić information content (AvgIpc) is 3.08. The highest BCUT2D eigenvalue weighted by Crippen LogP contribution is 2.39. The Morgan fingerprint density at radius 3 is 2.33 bits per heavy atom. The van der Waals surface area contributed by atoms with E-state index < -0.39 is 5.54 Å². The molecule has 0 aromatic carbocycles.